The highest BCUT2D eigenvalue weighted by Gasteiger charge is 2.17. The molecule has 0 bridgehead atoms. The fourth-order valence-electron chi connectivity index (χ4n) is 2.30. The Bertz CT molecular complexity index is 405. The quantitative estimate of drug-likeness (QED) is 0.790. The average molecular weight is 281 g/mol. The molecule has 1 N–H and O–H groups in total. The smallest absolute Gasteiger partial charge is 0.146 e. The first kappa shape index (κ1) is 16.9. The van der Waals surface area contributed by atoms with Gasteiger partial charge in [-0.1, -0.05) is 26.0 Å². The van der Waals surface area contributed by atoms with Crippen molar-refractivity contribution in [3.63, 3.8) is 0 Å². The Balaban J connectivity index is 3.04. The molecule has 0 fully saturated rings. The average Bonchev–Trinajstić information content (AvgIpc) is 2.35. The Morgan fingerprint density at radius 2 is 1.90 bits per heavy atom. The number of para-hydroxylation sites is 1. The van der Waals surface area contributed by atoms with Crippen LogP contribution in [0, 0.1) is 11.7 Å². The molecule has 4 heteroatoms. The lowest BCUT2D eigenvalue weighted by Gasteiger charge is -2.30. The van der Waals surface area contributed by atoms with Crippen molar-refractivity contribution in [2.75, 3.05) is 45.7 Å². The number of likely N-dealkylation sites (N-methyl/N-ethyl adjacent to an activating group) is 1. The summed E-state index contributed by atoms with van der Waals surface area (Å²) in [6.07, 6.45) is 0. The van der Waals surface area contributed by atoms with E-state index in [0.717, 1.165) is 30.9 Å². The summed E-state index contributed by atoms with van der Waals surface area (Å²) in [5, 5.41) is 3.12. The minimum absolute atomic E-state index is 0.128. The Labute approximate surface area is 122 Å². The molecular weight excluding hydrogens is 253 g/mol. The van der Waals surface area contributed by atoms with E-state index < -0.39 is 0 Å². The van der Waals surface area contributed by atoms with Crippen molar-refractivity contribution in [1.82, 2.24) is 10.2 Å². The molecule has 0 heterocycles. The predicted octanol–water partition coefficient (Wildman–Crippen LogP) is 2.57. The second-order valence-electron chi connectivity index (χ2n) is 5.92. The molecule has 0 saturated carbocycles. The van der Waals surface area contributed by atoms with Gasteiger partial charge in [-0.15, -0.1) is 0 Å². The maximum atomic E-state index is 14.3. The van der Waals surface area contributed by atoms with Crippen molar-refractivity contribution in [3.05, 3.63) is 29.6 Å². The van der Waals surface area contributed by atoms with Crippen LogP contribution in [0.15, 0.2) is 18.2 Å². The van der Waals surface area contributed by atoms with Gasteiger partial charge in [0.25, 0.3) is 0 Å². The van der Waals surface area contributed by atoms with Gasteiger partial charge in [0.15, 0.2) is 0 Å². The Morgan fingerprint density at radius 3 is 2.45 bits per heavy atom. The first-order chi connectivity index (χ1) is 9.45. The van der Waals surface area contributed by atoms with E-state index in [1.54, 1.807) is 12.1 Å². The number of rotatable bonds is 8. The molecule has 1 aromatic carbocycles. The molecule has 1 rings (SSSR count). The normalized spacial score (nSPS) is 11.4. The Hall–Kier alpha value is -1.13. The van der Waals surface area contributed by atoms with E-state index in [-0.39, 0.29) is 5.82 Å². The lowest BCUT2D eigenvalue weighted by molar-refractivity contribution is 0.407. The SMILES string of the molecule is CNCc1cccc(F)c1N(CCN(C)C)CC(C)C. The van der Waals surface area contributed by atoms with Crippen molar-refractivity contribution >= 4 is 5.69 Å². The molecule has 20 heavy (non-hydrogen) atoms. The standard InChI is InChI=1S/C16H28FN3/c1-13(2)12-20(10-9-19(4)5)16-14(11-18-3)7-6-8-15(16)17/h6-8,13,18H,9-12H2,1-5H3. The minimum Gasteiger partial charge on any atom is -0.367 e. The molecule has 0 unspecified atom stereocenters. The van der Waals surface area contributed by atoms with Crippen LogP contribution in [0.1, 0.15) is 19.4 Å². The van der Waals surface area contributed by atoms with Crippen LogP contribution in [0.3, 0.4) is 0 Å². The van der Waals surface area contributed by atoms with Crippen LogP contribution >= 0.6 is 0 Å². The van der Waals surface area contributed by atoms with Gasteiger partial charge in [0.1, 0.15) is 5.82 Å². The zero-order valence-corrected chi connectivity index (χ0v) is 13.4. The summed E-state index contributed by atoms with van der Waals surface area (Å²) < 4.78 is 14.3. The van der Waals surface area contributed by atoms with Gasteiger partial charge in [-0.2, -0.15) is 0 Å². The van der Waals surface area contributed by atoms with Crippen LogP contribution in [0.5, 0.6) is 0 Å². The number of halogens is 1. The predicted molar refractivity (Wildman–Crippen MR) is 84.8 cm³/mol. The van der Waals surface area contributed by atoms with Gasteiger partial charge in [0.05, 0.1) is 5.69 Å². The van der Waals surface area contributed by atoms with Gasteiger partial charge in [-0.3, -0.25) is 0 Å². The van der Waals surface area contributed by atoms with Gasteiger partial charge in [-0.25, -0.2) is 4.39 Å². The minimum atomic E-state index is -0.128. The molecule has 1 aromatic rings. The molecule has 0 radical (unpaired) electrons. The third-order valence-corrected chi connectivity index (χ3v) is 3.16. The third-order valence-electron chi connectivity index (χ3n) is 3.16. The van der Waals surface area contributed by atoms with E-state index in [0.29, 0.717) is 12.5 Å². The van der Waals surface area contributed by atoms with Gasteiger partial charge in [0.2, 0.25) is 0 Å². The third kappa shape index (κ3) is 5.10. The molecule has 0 aliphatic rings. The summed E-state index contributed by atoms with van der Waals surface area (Å²) in [5.41, 5.74) is 1.77. The molecule has 114 valence electrons. The highest BCUT2D eigenvalue weighted by Crippen LogP contribution is 2.25. The van der Waals surface area contributed by atoms with Crippen molar-refractivity contribution in [2.45, 2.75) is 20.4 Å². The maximum absolute atomic E-state index is 14.3. The molecule has 0 spiro atoms. The summed E-state index contributed by atoms with van der Waals surface area (Å²) in [5.74, 6) is 0.372. The monoisotopic (exact) mass is 281 g/mol. The Morgan fingerprint density at radius 1 is 1.20 bits per heavy atom. The topological polar surface area (TPSA) is 18.5 Å². The van der Waals surface area contributed by atoms with Crippen LogP contribution in [-0.4, -0.2) is 45.7 Å². The summed E-state index contributed by atoms with van der Waals surface area (Å²) in [6.45, 7) is 7.64. The fourth-order valence-corrected chi connectivity index (χ4v) is 2.30. The van der Waals surface area contributed by atoms with Gasteiger partial charge in [-0.05, 0) is 38.7 Å². The van der Waals surface area contributed by atoms with E-state index in [9.17, 15) is 4.39 Å². The van der Waals surface area contributed by atoms with Crippen molar-refractivity contribution in [3.8, 4) is 0 Å². The first-order valence-corrected chi connectivity index (χ1v) is 7.27. The van der Waals surface area contributed by atoms with Crippen LogP contribution in [0.25, 0.3) is 0 Å². The zero-order chi connectivity index (χ0) is 15.1. The maximum Gasteiger partial charge on any atom is 0.146 e. The van der Waals surface area contributed by atoms with E-state index in [4.69, 9.17) is 0 Å². The molecule has 0 aliphatic heterocycles. The molecule has 0 atom stereocenters. The van der Waals surface area contributed by atoms with E-state index in [1.165, 1.54) is 0 Å². The fraction of sp³-hybridized carbons (Fsp3) is 0.625. The summed E-state index contributed by atoms with van der Waals surface area (Å²) in [7, 11) is 5.98. The largest absolute Gasteiger partial charge is 0.367 e. The first-order valence-electron chi connectivity index (χ1n) is 7.27. The van der Waals surface area contributed by atoms with Crippen molar-refractivity contribution in [2.24, 2.45) is 5.92 Å². The van der Waals surface area contributed by atoms with E-state index in [2.05, 4.69) is 29.0 Å². The number of anilines is 1. The second-order valence-corrected chi connectivity index (χ2v) is 5.92. The molecule has 0 amide bonds. The summed E-state index contributed by atoms with van der Waals surface area (Å²) in [4.78, 5) is 4.30. The number of hydrogen-bond donors (Lipinski definition) is 1. The number of hydrogen-bond acceptors (Lipinski definition) is 3. The second kappa shape index (κ2) is 8.22. The number of nitrogens with one attached hydrogen (secondary N) is 1. The van der Waals surface area contributed by atoms with Crippen LogP contribution in [0.2, 0.25) is 0 Å². The number of nitrogens with zero attached hydrogens (tertiary/aromatic N) is 2. The summed E-state index contributed by atoms with van der Waals surface area (Å²) >= 11 is 0. The van der Waals surface area contributed by atoms with Crippen molar-refractivity contribution in [1.29, 1.82) is 0 Å². The highest BCUT2D eigenvalue weighted by atomic mass is 19.1. The van der Waals surface area contributed by atoms with Crippen LogP contribution in [-0.2, 0) is 6.54 Å². The summed E-state index contributed by atoms with van der Waals surface area (Å²) in [6, 6.07) is 5.33. The van der Waals surface area contributed by atoms with Crippen LogP contribution < -0.4 is 10.2 Å². The highest BCUT2D eigenvalue weighted by molar-refractivity contribution is 5.55. The molecule has 0 aliphatic carbocycles. The molecule has 0 saturated heterocycles. The van der Waals surface area contributed by atoms with E-state index in [1.807, 2.05) is 27.2 Å². The molecule has 0 aromatic heterocycles. The van der Waals surface area contributed by atoms with E-state index >= 15 is 0 Å². The molecular formula is C16H28FN3. The van der Waals surface area contributed by atoms with Crippen molar-refractivity contribution < 1.29 is 4.39 Å². The lowest BCUT2D eigenvalue weighted by Crippen LogP contribution is -2.36. The van der Waals surface area contributed by atoms with Gasteiger partial charge >= 0.3 is 0 Å². The lowest BCUT2D eigenvalue weighted by atomic mass is 10.1. The van der Waals surface area contributed by atoms with Gasteiger partial charge < -0.3 is 15.1 Å². The van der Waals surface area contributed by atoms with Crippen LogP contribution in [0.4, 0.5) is 10.1 Å². The number of benzene rings is 1. The zero-order valence-electron chi connectivity index (χ0n) is 13.4. The Kier molecular flexibility index (Phi) is 6.96. The van der Waals surface area contributed by atoms with Gasteiger partial charge in [0, 0.05) is 26.2 Å². The molecule has 3 nitrogen and oxygen atoms in total.